The Kier molecular flexibility index (Phi) is 6.99. The molecule has 1 atom stereocenters. The van der Waals surface area contributed by atoms with E-state index in [0.717, 1.165) is 53.9 Å². The molecule has 180 valence electrons. The Bertz CT molecular complexity index is 1280. The Labute approximate surface area is 205 Å². The van der Waals surface area contributed by atoms with Gasteiger partial charge in [0.2, 0.25) is 0 Å². The van der Waals surface area contributed by atoms with Crippen LogP contribution in [0.1, 0.15) is 43.0 Å². The number of pyridine rings is 2. The largest absolute Gasteiger partial charge is 0.331 e. The minimum absolute atomic E-state index is 0.0699. The lowest BCUT2D eigenvalue weighted by Gasteiger charge is -2.28. The van der Waals surface area contributed by atoms with Gasteiger partial charge in [-0.15, -0.1) is 0 Å². The molecule has 0 radical (unpaired) electrons. The van der Waals surface area contributed by atoms with Crippen LogP contribution < -0.4 is 10.6 Å². The van der Waals surface area contributed by atoms with Gasteiger partial charge in [-0.3, -0.25) is 10.3 Å². The second-order valence-electron chi connectivity index (χ2n) is 9.09. The molecule has 2 N–H and O–H groups in total. The first-order valence-electron chi connectivity index (χ1n) is 12.3. The van der Waals surface area contributed by atoms with Crippen molar-refractivity contribution in [2.24, 2.45) is 0 Å². The smallest absolute Gasteiger partial charge is 0.320 e. The maximum Gasteiger partial charge on any atom is 0.320 e. The van der Waals surface area contributed by atoms with E-state index in [1.165, 1.54) is 19.3 Å². The standard InChI is InChI=1S/C27H31N7O/c1-20-16-23(10-12-28-20)34-25-19-29-26(17-22(25)18-30-34)32-27(35)31-24(21-8-4-2-5-9-21)11-15-33-13-6-3-7-14-33/h2,4-5,8-10,12,16-19,24H,3,6-7,11,13-15H2,1H3,(H2,29,31,32,35). The monoisotopic (exact) mass is 469 g/mol. The maximum absolute atomic E-state index is 12.9. The van der Waals surface area contributed by atoms with E-state index in [9.17, 15) is 4.79 Å². The van der Waals surface area contributed by atoms with E-state index in [2.05, 4.69) is 42.7 Å². The van der Waals surface area contributed by atoms with Gasteiger partial charge in [-0.05, 0) is 63.0 Å². The molecule has 2 amide bonds. The van der Waals surface area contributed by atoms with Crippen LogP contribution in [0.2, 0.25) is 0 Å². The number of fused-ring (bicyclic) bond motifs is 1. The molecule has 0 spiro atoms. The van der Waals surface area contributed by atoms with E-state index in [4.69, 9.17) is 0 Å². The van der Waals surface area contributed by atoms with E-state index < -0.39 is 0 Å². The van der Waals surface area contributed by atoms with Crippen molar-refractivity contribution in [3.8, 4) is 5.69 Å². The quantitative estimate of drug-likeness (QED) is 0.403. The number of piperidine rings is 1. The van der Waals surface area contributed by atoms with Crippen molar-refractivity contribution < 1.29 is 4.79 Å². The number of carbonyl (C=O) groups excluding carboxylic acids is 1. The first kappa shape index (κ1) is 23.0. The van der Waals surface area contributed by atoms with Gasteiger partial charge in [-0.1, -0.05) is 36.8 Å². The molecule has 3 aromatic heterocycles. The molecule has 1 fully saturated rings. The van der Waals surface area contributed by atoms with Crippen LogP contribution in [-0.4, -0.2) is 50.3 Å². The minimum Gasteiger partial charge on any atom is -0.331 e. The molecule has 8 nitrogen and oxygen atoms in total. The summed E-state index contributed by atoms with van der Waals surface area (Å²) in [5, 5.41) is 11.5. The van der Waals surface area contributed by atoms with E-state index in [1.807, 2.05) is 48.0 Å². The van der Waals surface area contributed by atoms with Gasteiger partial charge in [-0.2, -0.15) is 5.10 Å². The first-order valence-corrected chi connectivity index (χ1v) is 12.3. The Hall–Kier alpha value is -3.78. The minimum atomic E-state index is -0.263. The fourth-order valence-electron chi connectivity index (χ4n) is 4.68. The Morgan fingerprint density at radius 3 is 2.66 bits per heavy atom. The summed E-state index contributed by atoms with van der Waals surface area (Å²) in [5.74, 6) is 0.489. The number of hydrogen-bond acceptors (Lipinski definition) is 5. The van der Waals surface area contributed by atoms with Crippen LogP contribution >= 0.6 is 0 Å². The van der Waals surface area contributed by atoms with Crippen molar-refractivity contribution in [3.63, 3.8) is 0 Å². The van der Waals surface area contributed by atoms with Gasteiger partial charge in [0.1, 0.15) is 5.82 Å². The molecule has 35 heavy (non-hydrogen) atoms. The van der Waals surface area contributed by atoms with E-state index in [0.29, 0.717) is 5.82 Å². The Morgan fingerprint density at radius 1 is 1.03 bits per heavy atom. The molecule has 5 rings (SSSR count). The van der Waals surface area contributed by atoms with Gasteiger partial charge in [0, 0.05) is 23.8 Å². The summed E-state index contributed by atoms with van der Waals surface area (Å²) in [4.78, 5) is 24.2. The topological polar surface area (TPSA) is 88.0 Å². The highest BCUT2D eigenvalue weighted by molar-refractivity contribution is 5.91. The normalized spacial score (nSPS) is 15.1. The number of nitrogens with one attached hydrogen (secondary N) is 2. The highest BCUT2D eigenvalue weighted by Gasteiger charge is 2.18. The van der Waals surface area contributed by atoms with Crippen molar-refractivity contribution in [2.75, 3.05) is 25.0 Å². The highest BCUT2D eigenvalue weighted by atomic mass is 16.2. The molecule has 1 aliphatic heterocycles. The van der Waals surface area contributed by atoms with Crippen LogP contribution in [0.15, 0.2) is 67.1 Å². The van der Waals surface area contributed by atoms with Crippen LogP contribution in [0.5, 0.6) is 0 Å². The van der Waals surface area contributed by atoms with E-state index in [1.54, 1.807) is 18.6 Å². The summed E-state index contributed by atoms with van der Waals surface area (Å²) in [5.41, 5.74) is 3.82. The molecule has 0 saturated carbocycles. The molecule has 1 unspecified atom stereocenters. The average Bonchev–Trinajstić information content (AvgIpc) is 3.31. The number of urea groups is 1. The number of benzene rings is 1. The van der Waals surface area contributed by atoms with E-state index in [-0.39, 0.29) is 12.1 Å². The molecule has 4 heterocycles. The van der Waals surface area contributed by atoms with Gasteiger partial charge >= 0.3 is 6.03 Å². The number of anilines is 1. The van der Waals surface area contributed by atoms with Crippen LogP contribution in [0.3, 0.4) is 0 Å². The first-order chi connectivity index (χ1) is 17.2. The number of amides is 2. The molecule has 1 aromatic carbocycles. The summed E-state index contributed by atoms with van der Waals surface area (Å²) < 4.78 is 1.83. The molecule has 1 aliphatic rings. The van der Waals surface area contributed by atoms with Gasteiger partial charge < -0.3 is 10.2 Å². The third-order valence-corrected chi connectivity index (χ3v) is 6.51. The van der Waals surface area contributed by atoms with Crippen molar-refractivity contribution in [3.05, 3.63) is 78.4 Å². The second-order valence-corrected chi connectivity index (χ2v) is 9.09. The molecule has 8 heteroatoms. The SMILES string of the molecule is Cc1cc(-n2ncc3cc(NC(=O)NC(CCN4CCCCC4)c4ccccc4)ncc32)ccn1. The molecule has 1 saturated heterocycles. The lowest BCUT2D eigenvalue weighted by atomic mass is 10.0. The second kappa shape index (κ2) is 10.7. The van der Waals surface area contributed by atoms with Crippen LogP contribution in [0, 0.1) is 6.92 Å². The van der Waals surface area contributed by atoms with Gasteiger partial charge in [0.15, 0.2) is 0 Å². The molecule has 4 aromatic rings. The summed E-state index contributed by atoms with van der Waals surface area (Å²) in [6.45, 7) is 5.20. The number of aryl methyl sites for hydroxylation is 1. The van der Waals surface area contributed by atoms with Crippen LogP contribution in [0.4, 0.5) is 10.6 Å². The van der Waals surface area contributed by atoms with Crippen molar-refractivity contribution in [2.45, 2.75) is 38.6 Å². The Morgan fingerprint density at radius 2 is 1.86 bits per heavy atom. The maximum atomic E-state index is 12.9. The fourth-order valence-corrected chi connectivity index (χ4v) is 4.68. The van der Waals surface area contributed by atoms with Crippen LogP contribution in [-0.2, 0) is 0 Å². The number of hydrogen-bond donors (Lipinski definition) is 2. The Balaban J connectivity index is 1.27. The molecular formula is C27H31N7O. The van der Waals surface area contributed by atoms with Gasteiger partial charge in [0.05, 0.1) is 29.6 Å². The zero-order valence-corrected chi connectivity index (χ0v) is 20.0. The third kappa shape index (κ3) is 5.66. The molecular weight excluding hydrogens is 438 g/mol. The summed E-state index contributed by atoms with van der Waals surface area (Å²) >= 11 is 0. The summed E-state index contributed by atoms with van der Waals surface area (Å²) in [7, 11) is 0. The van der Waals surface area contributed by atoms with E-state index >= 15 is 0 Å². The summed E-state index contributed by atoms with van der Waals surface area (Å²) in [6, 6.07) is 15.6. The zero-order chi connectivity index (χ0) is 24.0. The van der Waals surface area contributed by atoms with Crippen molar-refractivity contribution in [1.29, 1.82) is 0 Å². The number of nitrogens with zero attached hydrogens (tertiary/aromatic N) is 5. The average molecular weight is 470 g/mol. The van der Waals surface area contributed by atoms with Gasteiger partial charge in [0.25, 0.3) is 0 Å². The number of aromatic nitrogens is 4. The van der Waals surface area contributed by atoms with Crippen LogP contribution in [0.25, 0.3) is 16.6 Å². The number of carbonyl (C=O) groups is 1. The fraction of sp³-hybridized carbons (Fsp3) is 0.333. The predicted molar refractivity (Wildman–Crippen MR) is 138 cm³/mol. The lowest BCUT2D eigenvalue weighted by molar-refractivity contribution is 0.214. The number of rotatable bonds is 7. The lowest BCUT2D eigenvalue weighted by Crippen LogP contribution is -2.36. The molecule has 0 aliphatic carbocycles. The molecule has 0 bridgehead atoms. The number of likely N-dealkylation sites (tertiary alicyclic amines) is 1. The highest BCUT2D eigenvalue weighted by Crippen LogP contribution is 2.22. The van der Waals surface area contributed by atoms with Gasteiger partial charge in [-0.25, -0.2) is 14.5 Å². The van der Waals surface area contributed by atoms with Crippen molar-refractivity contribution >= 4 is 22.8 Å². The summed E-state index contributed by atoms with van der Waals surface area (Å²) in [6.07, 6.45) is 9.98. The predicted octanol–water partition coefficient (Wildman–Crippen LogP) is 4.86. The third-order valence-electron chi connectivity index (χ3n) is 6.51. The van der Waals surface area contributed by atoms with Crippen molar-refractivity contribution in [1.82, 2.24) is 30.0 Å². The zero-order valence-electron chi connectivity index (χ0n) is 20.0.